The molecule has 0 fully saturated rings. The van der Waals surface area contributed by atoms with Gasteiger partial charge < -0.3 is 0 Å². The highest BCUT2D eigenvalue weighted by molar-refractivity contribution is 5.67. The third-order valence-corrected chi connectivity index (χ3v) is 2.34. The second-order valence-corrected chi connectivity index (χ2v) is 3.35. The highest BCUT2D eigenvalue weighted by atomic mass is 19.1. The van der Waals surface area contributed by atoms with Crippen LogP contribution in [0.3, 0.4) is 0 Å². The topological polar surface area (TPSA) is 36.7 Å². The summed E-state index contributed by atoms with van der Waals surface area (Å²) in [6, 6.07) is 10.3. The first-order valence-corrected chi connectivity index (χ1v) is 4.87. The predicted octanol–water partition coefficient (Wildman–Crippen LogP) is 2.95. The molecule has 0 aliphatic rings. The van der Waals surface area contributed by atoms with Gasteiger partial charge >= 0.3 is 0 Å². The number of benzene rings is 1. The van der Waals surface area contributed by atoms with Crippen molar-refractivity contribution < 1.29 is 4.39 Å². The number of nitriles is 1. The maximum Gasteiger partial charge on any atom is 0.131 e. The maximum absolute atomic E-state index is 13.6. The van der Waals surface area contributed by atoms with E-state index in [9.17, 15) is 4.39 Å². The standard InChI is InChI=1S/C13H9FN2/c14-13-4-2-1-3-11(13)12-9-16-8-6-10(12)5-7-15/h1-4,6,8-9H,5H2. The Morgan fingerprint density at radius 2 is 2.00 bits per heavy atom. The van der Waals surface area contributed by atoms with Crippen molar-refractivity contribution in [3.05, 3.63) is 54.1 Å². The highest BCUT2D eigenvalue weighted by Crippen LogP contribution is 2.25. The van der Waals surface area contributed by atoms with Crippen LogP contribution in [0.2, 0.25) is 0 Å². The summed E-state index contributed by atoms with van der Waals surface area (Å²) in [6.45, 7) is 0. The normalized spacial score (nSPS) is 9.75. The number of pyridine rings is 1. The van der Waals surface area contributed by atoms with Crippen LogP contribution in [0, 0.1) is 17.1 Å². The molecule has 0 saturated carbocycles. The first kappa shape index (κ1) is 10.3. The third-order valence-electron chi connectivity index (χ3n) is 2.34. The Morgan fingerprint density at radius 1 is 1.19 bits per heavy atom. The van der Waals surface area contributed by atoms with Gasteiger partial charge in [0.1, 0.15) is 5.82 Å². The van der Waals surface area contributed by atoms with Gasteiger partial charge in [0, 0.05) is 23.5 Å². The summed E-state index contributed by atoms with van der Waals surface area (Å²) in [5.41, 5.74) is 1.96. The summed E-state index contributed by atoms with van der Waals surface area (Å²) in [5.74, 6) is -0.297. The molecule has 16 heavy (non-hydrogen) atoms. The fraction of sp³-hybridized carbons (Fsp3) is 0.0769. The van der Waals surface area contributed by atoms with Gasteiger partial charge in [-0.25, -0.2) is 4.39 Å². The van der Waals surface area contributed by atoms with Crippen molar-refractivity contribution in [3.63, 3.8) is 0 Å². The molecule has 2 rings (SSSR count). The summed E-state index contributed by atoms with van der Waals surface area (Å²) in [4.78, 5) is 3.97. The average molecular weight is 212 g/mol. The zero-order valence-electron chi connectivity index (χ0n) is 8.52. The first-order valence-electron chi connectivity index (χ1n) is 4.87. The molecular weight excluding hydrogens is 203 g/mol. The fourth-order valence-corrected chi connectivity index (χ4v) is 1.58. The van der Waals surface area contributed by atoms with E-state index < -0.39 is 0 Å². The molecule has 78 valence electrons. The predicted molar refractivity (Wildman–Crippen MR) is 58.9 cm³/mol. The van der Waals surface area contributed by atoms with Crippen LogP contribution >= 0.6 is 0 Å². The maximum atomic E-state index is 13.6. The van der Waals surface area contributed by atoms with Gasteiger partial charge in [-0.15, -0.1) is 0 Å². The summed E-state index contributed by atoms with van der Waals surface area (Å²) in [7, 11) is 0. The van der Waals surface area contributed by atoms with Gasteiger partial charge in [0.15, 0.2) is 0 Å². The summed E-state index contributed by atoms with van der Waals surface area (Å²) >= 11 is 0. The molecule has 0 aliphatic heterocycles. The van der Waals surface area contributed by atoms with E-state index in [1.54, 1.807) is 36.7 Å². The SMILES string of the molecule is N#CCc1ccncc1-c1ccccc1F. The van der Waals surface area contributed by atoms with Crippen molar-refractivity contribution in [2.24, 2.45) is 0 Å². The molecule has 0 saturated heterocycles. The lowest BCUT2D eigenvalue weighted by atomic mass is 10.00. The minimum absolute atomic E-state index is 0.256. The van der Waals surface area contributed by atoms with Gasteiger partial charge in [-0.05, 0) is 17.7 Å². The molecule has 0 bridgehead atoms. The van der Waals surface area contributed by atoms with Crippen LogP contribution in [0.4, 0.5) is 4.39 Å². The quantitative estimate of drug-likeness (QED) is 0.767. The van der Waals surface area contributed by atoms with Crippen LogP contribution in [0.5, 0.6) is 0 Å². The molecule has 0 atom stereocenters. The second-order valence-electron chi connectivity index (χ2n) is 3.35. The van der Waals surface area contributed by atoms with E-state index >= 15 is 0 Å². The van der Waals surface area contributed by atoms with Crippen molar-refractivity contribution in [2.45, 2.75) is 6.42 Å². The Hall–Kier alpha value is -2.21. The number of halogens is 1. The Morgan fingerprint density at radius 3 is 2.75 bits per heavy atom. The molecule has 3 heteroatoms. The summed E-state index contributed by atoms with van der Waals surface area (Å²) in [5, 5.41) is 8.70. The van der Waals surface area contributed by atoms with Crippen LogP contribution in [-0.4, -0.2) is 4.98 Å². The first-order chi connectivity index (χ1) is 7.83. The molecule has 1 aromatic heterocycles. The lowest BCUT2D eigenvalue weighted by Gasteiger charge is -2.06. The van der Waals surface area contributed by atoms with Crippen LogP contribution in [-0.2, 0) is 6.42 Å². The van der Waals surface area contributed by atoms with Crippen molar-refractivity contribution in [1.82, 2.24) is 4.98 Å². The molecule has 0 amide bonds. The lowest BCUT2D eigenvalue weighted by Crippen LogP contribution is -1.92. The van der Waals surface area contributed by atoms with Crippen LogP contribution in [0.15, 0.2) is 42.7 Å². The third kappa shape index (κ3) is 1.91. The Kier molecular flexibility index (Phi) is 2.93. The number of rotatable bonds is 2. The van der Waals surface area contributed by atoms with E-state index in [1.165, 1.54) is 6.07 Å². The highest BCUT2D eigenvalue weighted by Gasteiger charge is 2.08. The molecule has 0 unspecified atom stereocenters. The average Bonchev–Trinajstić information content (AvgIpc) is 2.31. The van der Waals surface area contributed by atoms with E-state index in [-0.39, 0.29) is 12.2 Å². The molecule has 0 N–H and O–H groups in total. The van der Waals surface area contributed by atoms with Gasteiger partial charge in [0.25, 0.3) is 0 Å². The zero-order chi connectivity index (χ0) is 11.4. The van der Waals surface area contributed by atoms with Crippen LogP contribution in [0.25, 0.3) is 11.1 Å². The Bertz CT molecular complexity index is 544. The number of hydrogen-bond donors (Lipinski definition) is 0. The van der Waals surface area contributed by atoms with Crippen molar-refractivity contribution >= 4 is 0 Å². The van der Waals surface area contributed by atoms with E-state index in [2.05, 4.69) is 11.1 Å². The number of aromatic nitrogens is 1. The van der Waals surface area contributed by atoms with Crippen molar-refractivity contribution in [1.29, 1.82) is 5.26 Å². The Labute approximate surface area is 93.0 Å². The van der Waals surface area contributed by atoms with Gasteiger partial charge in [0.2, 0.25) is 0 Å². The van der Waals surface area contributed by atoms with Gasteiger partial charge in [-0.1, -0.05) is 18.2 Å². The molecule has 0 spiro atoms. The lowest BCUT2D eigenvalue weighted by molar-refractivity contribution is 0.631. The zero-order valence-corrected chi connectivity index (χ0v) is 8.52. The van der Waals surface area contributed by atoms with Gasteiger partial charge in [0.05, 0.1) is 12.5 Å². The van der Waals surface area contributed by atoms with Crippen LogP contribution in [0.1, 0.15) is 5.56 Å². The monoisotopic (exact) mass is 212 g/mol. The van der Waals surface area contributed by atoms with Crippen LogP contribution < -0.4 is 0 Å². The molecule has 0 radical (unpaired) electrons. The van der Waals surface area contributed by atoms with E-state index in [1.807, 2.05) is 0 Å². The van der Waals surface area contributed by atoms with E-state index in [4.69, 9.17) is 5.26 Å². The van der Waals surface area contributed by atoms with Gasteiger partial charge in [-0.2, -0.15) is 5.26 Å². The molecule has 1 heterocycles. The Balaban J connectivity index is 2.57. The minimum Gasteiger partial charge on any atom is -0.264 e. The number of hydrogen-bond acceptors (Lipinski definition) is 2. The van der Waals surface area contributed by atoms with E-state index in [0.717, 1.165) is 5.56 Å². The van der Waals surface area contributed by atoms with E-state index in [0.29, 0.717) is 11.1 Å². The molecule has 1 aromatic carbocycles. The molecule has 0 aliphatic carbocycles. The molecular formula is C13H9FN2. The summed E-state index contributed by atoms with van der Waals surface area (Å²) < 4.78 is 13.6. The summed E-state index contributed by atoms with van der Waals surface area (Å²) in [6.07, 6.45) is 3.45. The molecule has 2 nitrogen and oxygen atoms in total. The number of nitrogens with zero attached hydrogens (tertiary/aromatic N) is 2. The molecule has 2 aromatic rings. The fourth-order valence-electron chi connectivity index (χ4n) is 1.58. The largest absolute Gasteiger partial charge is 0.264 e. The van der Waals surface area contributed by atoms with Crippen molar-refractivity contribution in [2.75, 3.05) is 0 Å². The minimum atomic E-state index is -0.297. The second kappa shape index (κ2) is 4.54. The van der Waals surface area contributed by atoms with Gasteiger partial charge in [-0.3, -0.25) is 4.98 Å². The smallest absolute Gasteiger partial charge is 0.131 e. The van der Waals surface area contributed by atoms with Crippen molar-refractivity contribution in [3.8, 4) is 17.2 Å².